The quantitative estimate of drug-likeness (QED) is 0.289. The molecule has 0 aliphatic rings. The number of benzene rings is 2. The third-order valence-corrected chi connectivity index (χ3v) is 6.14. The van der Waals surface area contributed by atoms with Crippen molar-refractivity contribution in [1.29, 1.82) is 0 Å². The number of aryl methyl sites for hydroxylation is 2. The number of hydrogen-bond acceptors (Lipinski definition) is 5. The van der Waals surface area contributed by atoms with Crippen LogP contribution in [0.25, 0.3) is 11.5 Å². The number of ether oxygens (including phenoxy) is 1. The molecule has 0 unspecified atom stereocenters. The summed E-state index contributed by atoms with van der Waals surface area (Å²) in [7, 11) is 0. The lowest BCUT2D eigenvalue weighted by atomic mass is 9.78. The van der Waals surface area contributed by atoms with Crippen LogP contribution < -0.4 is 10.1 Å². The van der Waals surface area contributed by atoms with Crippen molar-refractivity contribution in [3.8, 4) is 23.0 Å². The van der Waals surface area contributed by atoms with Gasteiger partial charge < -0.3 is 19.6 Å². The van der Waals surface area contributed by atoms with Gasteiger partial charge in [0.1, 0.15) is 17.8 Å². The van der Waals surface area contributed by atoms with Gasteiger partial charge in [0.05, 0.1) is 12.3 Å². The van der Waals surface area contributed by atoms with Gasteiger partial charge in [-0.3, -0.25) is 0 Å². The lowest BCUT2D eigenvalue weighted by Gasteiger charge is -2.27. The molecule has 3 rings (SSSR count). The molecule has 6 heteroatoms. The smallest absolute Gasteiger partial charge is 0.226 e. The van der Waals surface area contributed by atoms with E-state index in [0.717, 1.165) is 54.1 Å². The zero-order valence-electron chi connectivity index (χ0n) is 23.1. The number of aromatic nitrogens is 1. The average Bonchev–Trinajstić information content (AvgIpc) is 3.23. The van der Waals surface area contributed by atoms with E-state index >= 15 is 0 Å². The summed E-state index contributed by atoms with van der Waals surface area (Å²) in [6.07, 6.45) is 3.35. The molecule has 0 saturated carbocycles. The Kier molecular flexibility index (Phi) is 10.0. The van der Waals surface area contributed by atoms with Crippen LogP contribution in [0.5, 0.6) is 11.5 Å². The van der Waals surface area contributed by atoms with Crippen LogP contribution in [0.1, 0.15) is 82.8 Å². The second-order valence-electron chi connectivity index (χ2n) is 11.4. The monoisotopic (exact) mass is 514 g/mol. The van der Waals surface area contributed by atoms with E-state index in [1.165, 1.54) is 11.1 Å². The van der Waals surface area contributed by atoms with Gasteiger partial charge in [-0.2, -0.15) is 0 Å². The van der Waals surface area contributed by atoms with Crippen LogP contribution in [0.4, 0.5) is 0 Å². The largest absolute Gasteiger partial charge is 0.507 e. The first-order chi connectivity index (χ1) is 16.4. The van der Waals surface area contributed by atoms with Gasteiger partial charge in [0.15, 0.2) is 0 Å². The Bertz CT molecular complexity index is 1100. The van der Waals surface area contributed by atoms with Crippen LogP contribution in [0, 0.1) is 6.92 Å². The number of oxazole rings is 1. The highest BCUT2D eigenvalue weighted by Gasteiger charge is 2.27. The molecule has 36 heavy (non-hydrogen) atoms. The Morgan fingerprint density at radius 3 is 2.22 bits per heavy atom. The number of phenols is 1. The molecule has 5 nitrogen and oxygen atoms in total. The van der Waals surface area contributed by atoms with Crippen LogP contribution in [-0.4, -0.2) is 23.2 Å². The van der Waals surface area contributed by atoms with Crippen molar-refractivity contribution >= 4 is 12.4 Å². The molecular formula is C30H43ClN2O3. The SMILES string of the molecule is CCNCc1cc(C)ccc1OCCCc1coc(-c2cc(C(C)(C)C)c(O)c(C(C)(C)C)c2)n1.Cl. The number of hydrogen-bond donors (Lipinski definition) is 2. The number of nitrogens with zero attached hydrogens (tertiary/aromatic N) is 1. The molecule has 0 aliphatic carbocycles. The molecule has 2 N–H and O–H groups in total. The molecule has 0 saturated heterocycles. The van der Waals surface area contributed by atoms with Crippen molar-refractivity contribution in [3.05, 3.63) is 64.5 Å². The van der Waals surface area contributed by atoms with Gasteiger partial charge in [-0.15, -0.1) is 12.4 Å². The summed E-state index contributed by atoms with van der Waals surface area (Å²) in [4.78, 5) is 4.76. The average molecular weight is 515 g/mol. The van der Waals surface area contributed by atoms with Gasteiger partial charge >= 0.3 is 0 Å². The first kappa shape index (κ1) is 29.7. The Morgan fingerprint density at radius 1 is 1.00 bits per heavy atom. The van der Waals surface area contributed by atoms with E-state index in [-0.39, 0.29) is 23.2 Å². The molecule has 0 aliphatic heterocycles. The minimum absolute atomic E-state index is 0. The number of nitrogens with one attached hydrogen (secondary N) is 1. The van der Waals surface area contributed by atoms with E-state index in [2.05, 4.69) is 78.9 Å². The van der Waals surface area contributed by atoms with Crippen LogP contribution in [0.15, 0.2) is 41.0 Å². The van der Waals surface area contributed by atoms with Crippen molar-refractivity contribution in [1.82, 2.24) is 10.3 Å². The minimum atomic E-state index is -0.200. The van der Waals surface area contributed by atoms with Crippen molar-refractivity contribution in [2.75, 3.05) is 13.2 Å². The zero-order valence-corrected chi connectivity index (χ0v) is 23.9. The molecule has 0 radical (unpaired) electrons. The van der Waals surface area contributed by atoms with Crippen LogP contribution in [-0.2, 0) is 23.8 Å². The summed E-state index contributed by atoms with van der Waals surface area (Å²) >= 11 is 0. The van der Waals surface area contributed by atoms with Crippen LogP contribution >= 0.6 is 12.4 Å². The number of phenolic OH excluding ortho intramolecular Hbond substituents is 1. The highest BCUT2D eigenvalue weighted by molar-refractivity contribution is 5.85. The molecule has 0 atom stereocenters. The second-order valence-corrected chi connectivity index (χ2v) is 11.4. The van der Waals surface area contributed by atoms with Gasteiger partial charge in [0, 0.05) is 28.8 Å². The molecule has 198 valence electrons. The summed E-state index contributed by atoms with van der Waals surface area (Å²) in [5.74, 6) is 1.89. The lowest BCUT2D eigenvalue weighted by Crippen LogP contribution is -2.17. The van der Waals surface area contributed by atoms with E-state index in [1.54, 1.807) is 6.26 Å². The normalized spacial score (nSPS) is 11.9. The predicted octanol–water partition coefficient (Wildman–Crippen LogP) is 7.49. The number of halogens is 1. The maximum atomic E-state index is 11.0. The molecule has 3 aromatic rings. The van der Waals surface area contributed by atoms with Crippen LogP contribution in [0.3, 0.4) is 0 Å². The summed E-state index contributed by atoms with van der Waals surface area (Å²) < 4.78 is 12.0. The van der Waals surface area contributed by atoms with Gasteiger partial charge in [-0.05, 0) is 55.3 Å². The van der Waals surface area contributed by atoms with Crippen molar-refractivity contribution < 1.29 is 14.3 Å². The Morgan fingerprint density at radius 2 is 1.64 bits per heavy atom. The molecule has 0 bridgehead atoms. The number of aromatic hydroxyl groups is 1. The van der Waals surface area contributed by atoms with Gasteiger partial charge in [0.2, 0.25) is 5.89 Å². The Balaban J connectivity index is 0.00000456. The summed E-state index contributed by atoms with van der Waals surface area (Å²) in [5, 5.41) is 14.4. The summed E-state index contributed by atoms with van der Waals surface area (Å²) in [5.41, 5.74) is 5.63. The van der Waals surface area contributed by atoms with Crippen LogP contribution in [0.2, 0.25) is 0 Å². The minimum Gasteiger partial charge on any atom is -0.507 e. The van der Waals surface area contributed by atoms with Gasteiger partial charge in [-0.25, -0.2) is 4.98 Å². The second kappa shape index (κ2) is 12.2. The van der Waals surface area contributed by atoms with E-state index in [0.29, 0.717) is 18.2 Å². The summed E-state index contributed by atoms with van der Waals surface area (Å²) in [6, 6.07) is 10.3. The predicted molar refractivity (Wildman–Crippen MR) is 151 cm³/mol. The third-order valence-electron chi connectivity index (χ3n) is 6.14. The van der Waals surface area contributed by atoms with Gasteiger partial charge in [0.25, 0.3) is 0 Å². The van der Waals surface area contributed by atoms with E-state index in [1.807, 2.05) is 12.1 Å². The highest BCUT2D eigenvalue weighted by atomic mass is 35.5. The van der Waals surface area contributed by atoms with Crippen molar-refractivity contribution in [3.63, 3.8) is 0 Å². The highest BCUT2D eigenvalue weighted by Crippen LogP contribution is 2.41. The standard InChI is InChI=1S/C30H42N2O3.ClH/c1-9-31-18-22-15-20(2)12-13-26(22)34-14-10-11-23-19-35-28(32-23)21-16-24(29(3,4)5)27(33)25(17-21)30(6,7)8;/h12-13,15-17,19,31,33H,9-11,14,18H2,1-8H3;1H. The molecular weight excluding hydrogens is 472 g/mol. The van der Waals surface area contributed by atoms with Crippen molar-refractivity contribution in [2.24, 2.45) is 0 Å². The fourth-order valence-electron chi connectivity index (χ4n) is 4.14. The molecule has 1 aromatic heterocycles. The Hall–Kier alpha value is -2.50. The lowest BCUT2D eigenvalue weighted by molar-refractivity contribution is 0.306. The van der Waals surface area contributed by atoms with E-state index in [4.69, 9.17) is 14.1 Å². The fraction of sp³-hybridized carbons (Fsp3) is 0.500. The molecule has 0 amide bonds. The summed E-state index contributed by atoms with van der Waals surface area (Å²) in [6.45, 7) is 19.2. The third kappa shape index (κ3) is 7.50. The maximum Gasteiger partial charge on any atom is 0.226 e. The first-order valence-electron chi connectivity index (χ1n) is 12.7. The topological polar surface area (TPSA) is 67.5 Å². The fourth-order valence-corrected chi connectivity index (χ4v) is 4.14. The molecule has 0 fully saturated rings. The zero-order chi connectivity index (χ0) is 25.8. The van der Waals surface area contributed by atoms with Crippen molar-refractivity contribution in [2.45, 2.75) is 85.6 Å². The molecule has 2 aromatic carbocycles. The van der Waals surface area contributed by atoms with Gasteiger partial charge in [-0.1, -0.05) is 66.2 Å². The number of rotatable bonds is 9. The molecule has 1 heterocycles. The van der Waals surface area contributed by atoms with E-state index < -0.39 is 0 Å². The Labute approximate surface area is 223 Å². The first-order valence-corrected chi connectivity index (χ1v) is 12.7. The maximum absolute atomic E-state index is 11.0. The molecule has 0 spiro atoms. The van der Waals surface area contributed by atoms with E-state index in [9.17, 15) is 5.11 Å².